The van der Waals surface area contributed by atoms with E-state index in [0.29, 0.717) is 5.75 Å². The van der Waals surface area contributed by atoms with Gasteiger partial charge in [0, 0.05) is 11.8 Å². The third-order valence-electron chi connectivity index (χ3n) is 3.69. The van der Waals surface area contributed by atoms with Crippen LogP contribution in [-0.4, -0.2) is 12.7 Å². The predicted molar refractivity (Wildman–Crippen MR) is 86.1 cm³/mol. The van der Waals surface area contributed by atoms with Crippen molar-refractivity contribution in [3.8, 4) is 11.5 Å². The first kappa shape index (κ1) is 14.2. The summed E-state index contributed by atoms with van der Waals surface area (Å²) in [7, 11) is 0. The van der Waals surface area contributed by atoms with Gasteiger partial charge >= 0.3 is 0 Å². The normalized spacial score (nSPS) is 12.6. The van der Waals surface area contributed by atoms with Crippen LogP contribution in [0.25, 0.3) is 6.08 Å². The molecule has 1 N–H and O–H groups in total. The van der Waals surface area contributed by atoms with E-state index in [-0.39, 0.29) is 12.7 Å². The lowest BCUT2D eigenvalue weighted by Crippen LogP contribution is -2.09. The second kappa shape index (κ2) is 5.93. The fraction of sp³-hybridized carbons (Fsp3) is 0.167. The lowest BCUT2D eigenvalue weighted by Gasteiger charge is -2.08. The molecular formula is C18H17NO3. The summed E-state index contributed by atoms with van der Waals surface area (Å²) in [4.78, 5) is 12.0. The molecule has 0 unspecified atom stereocenters. The molecule has 0 saturated carbocycles. The van der Waals surface area contributed by atoms with Crippen LogP contribution in [0, 0.1) is 13.8 Å². The third-order valence-corrected chi connectivity index (χ3v) is 3.69. The molecule has 0 aromatic heterocycles. The Bertz CT molecular complexity index is 750. The van der Waals surface area contributed by atoms with Crippen molar-refractivity contribution in [1.29, 1.82) is 0 Å². The highest BCUT2D eigenvalue weighted by Gasteiger charge is 2.12. The molecule has 1 heterocycles. The first-order valence-corrected chi connectivity index (χ1v) is 7.08. The van der Waals surface area contributed by atoms with Crippen LogP contribution in [0.5, 0.6) is 11.5 Å². The fourth-order valence-electron chi connectivity index (χ4n) is 2.25. The van der Waals surface area contributed by atoms with Gasteiger partial charge in [-0.2, -0.15) is 0 Å². The number of aryl methyl sites for hydroxylation is 1. The highest BCUT2D eigenvalue weighted by molar-refractivity contribution is 6.02. The van der Waals surface area contributed by atoms with Crippen LogP contribution in [0.15, 0.2) is 42.5 Å². The lowest BCUT2D eigenvalue weighted by atomic mass is 10.1. The van der Waals surface area contributed by atoms with Gasteiger partial charge < -0.3 is 14.8 Å². The molecule has 1 aliphatic heterocycles. The van der Waals surface area contributed by atoms with Gasteiger partial charge in [0.05, 0.1) is 0 Å². The lowest BCUT2D eigenvalue weighted by molar-refractivity contribution is -0.111. The molecule has 3 rings (SSSR count). The van der Waals surface area contributed by atoms with Crippen LogP contribution in [-0.2, 0) is 4.79 Å². The number of amides is 1. The quantitative estimate of drug-likeness (QED) is 0.879. The van der Waals surface area contributed by atoms with E-state index in [1.165, 1.54) is 6.08 Å². The van der Waals surface area contributed by atoms with Crippen molar-refractivity contribution in [2.45, 2.75) is 13.8 Å². The minimum absolute atomic E-state index is 0.161. The summed E-state index contributed by atoms with van der Waals surface area (Å²) < 4.78 is 10.6. The zero-order valence-electron chi connectivity index (χ0n) is 12.6. The molecular weight excluding hydrogens is 278 g/mol. The van der Waals surface area contributed by atoms with Crippen molar-refractivity contribution >= 4 is 17.7 Å². The minimum Gasteiger partial charge on any atom is -0.454 e. The second-order valence-corrected chi connectivity index (χ2v) is 5.18. The Labute approximate surface area is 129 Å². The standard InChI is InChI=1S/C18H17NO3/c1-12-4-3-5-15(13(12)2)19-18(20)9-7-14-6-8-16-17(10-14)22-11-21-16/h3-10H,11H2,1-2H3,(H,19,20)/b9-7+. The predicted octanol–water partition coefficient (Wildman–Crippen LogP) is 3.68. The van der Waals surface area contributed by atoms with E-state index in [9.17, 15) is 4.79 Å². The molecule has 0 atom stereocenters. The molecule has 0 fully saturated rings. The molecule has 4 nitrogen and oxygen atoms in total. The zero-order valence-corrected chi connectivity index (χ0v) is 12.6. The van der Waals surface area contributed by atoms with E-state index in [0.717, 1.165) is 28.1 Å². The van der Waals surface area contributed by atoms with Crippen LogP contribution < -0.4 is 14.8 Å². The number of benzene rings is 2. The number of anilines is 1. The molecule has 112 valence electrons. The van der Waals surface area contributed by atoms with Gasteiger partial charge in [0.2, 0.25) is 12.7 Å². The van der Waals surface area contributed by atoms with Crippen molar-refractivity contribution in [2.75, 3.05) is 12.1 Å². The van der Waals surface area contributed by atoms with Gasteiger partial charge in [-0.25, -0.2) is 0 Å². The Morgan fingerprint density at radius 1 is 1.14 bits per heavy atom. The summed E-state index contributed by atoms with van der Waals surface area (Å²) in [6.07, 6.45) is 3.27. The minimum atomic E-state index is -0.161. The molecule has 22 heavy (non-hydrogen) atoms. The van der Waals surface area contributed by atoms with Gasteiger partial charge in [-0.15, -0.1) is 0 Å². The van der Waals surface area contributed by atoms with E-state index < -0.39 is 0 Å². The Hall–Kier alpha value is -2.75. The summed E-state index contributed by atoms with van der Waals surface area (Å²) in [5.41, 5.74) is 3.95. The van der Waals surface area contributed by atoms with Crippen LogP contribution in [0.1, 0.15) is 16.7 Å². The topological polar surface area (TPSA) is 47.6 Å². The molecule has 0 bridgehead atoms. The maximum Gasteiger partial charge on any atom is 0.248 e. The van der Waals surface area contributed by atoms with Crippen molar-refractivity contribution < 1.29 is 14.3 Å². The van der Waals surface area contributed by atoms with Crippen LogP contribution in [0.4, 0.5) is 5.69 Å². The number of fused-ring (bicyclic) bond motifs is 1. The Balaban J connectivity index is 1.70. The Morgan fingerprint density at radius 2 is 1.95 bits per heavy atom. The van der Waals surface area contributed by atoms with Crippen molar-refractivity contribution in [3.63, 3.8) is 0 Å². The van der Waals surface area contributed by atoms with Gasteiger partial charge in [-0.3, -0.25) is 4.79 Å². The van der Waals surface area contributed by atoms with E-state index in [2.05, 4.69) is 5.32 Å². The van der Waals surface area contributed by atoms with Gasteiger partial charge in [-0.1, -0.05) is 18.2 Å². The summed E-state index contributed by atoms with van der Waals surface area (Å²) in [6.45, 7) is 4.26. The van der Waals surface area contributed by atoms with E-state index in [1.54, 1.807) is 6.08 Å². The molecule has 0 spiro atoms. The summed E-state index contributed by atoms with van der Waals surface area (Å²) in [5.74, 6) is 1.28. The summed E-state index contributed by atoms with van der Waals surface area (Å²) in [6, 6.07) is 11.4. The third kappa shape index (κ3) is 2.96. The average molecular weight is 295 g/mol. The van der Waals surface area contributed by atoms with Crippen LogP contribution >= 0.6 is 0 Å². The smallest absolute Gasteiger partial charge is 0.248 e. The summed E-state index contributed by atoms with van der Waals surface area (Å²) >= 11 is 0. The SMILES string of the molecule is Cc1cccc(NC(=O)/C=C/c2ccc3c(c2)OCO3)c1C. The molecule has 0 saturated heterocycles. The van der Waals surface area contributed by atoms with Crippen LogP contribution in [0.3, 0.4) is 0 Å². The van der Waals surface area contributed by atoms with Gasteiger partial charge in [0.1, 0.15) is 0 Å². The number of hydrogen-bond acceptors (Lipinski definition) is 3. The highest BCUT2D eigenvalue weighted by atomic mass is 16.7. The largest absolute Gasteiger partial charge is 0.454 e. The Kier molecular flexibility index (Phi) is 3.83. The number of nitrogens with one attached hydrogen (secondary N) is 1. The van der Waals surface area contributed by atoms with E-state index in [4.69, 9.17) is 9.47 Å². The van der Waals surface area contributed by atoms with Crippen LogP contribution in [0.2, 0.25) is 0 Å². The summed E-state index contributed by atoms with van der Waals surface area (Å²) in [5, 5.41) is 2.89. The number of rotatable bonds is 3. The van der Waals surface area contributed by atoms with Crippen molar-refractivity contribution in [2.24, 2.45) is 0 Å². The van der Waals surface area contributed by atoms with Gasteiger partial charge in [0.15, 0.2) is 11.5 Å². The van der Waals surface area contributed by atoms with Gasteiger partial charge in [0.25, 0.3) is 0 Å². The molecule has 0 radical (unpaired) electrons. The first-order valence-electron chi connectivity index (χ1n) is 7.08. The fourth-order valence-corrected chi connectivity index (χ4v) is 2.25. The van der Waals surface area contributed by atoms with E-state index in [1.807, 2.05) is 50.2 Å². The number of carbonyl (C=O) groups excluding carboxylic acids is 1. The number of ether oxygens (including phenoxy) is 2. The molecule has 2 aromatic carbocycles. The van der Waals surface area contributed by atoms with Crippen molar-refractivity contribution in [3.05, 3.63) is 59.2 Å². The number of carbonyl (C=O) groups is 1. The zero-order chi connectivity index (χ0) is 15.5. The molecule has 0 aliphatic carbocycles. The molecule has 1 aliphatic rings. The maximum absolute atomic E-state index is 12.0. The Morgan fingerprint density at radius 3 is 2.82 bits per heavy atom. The highest BCUT2D eigenvalue weighted by Crippen LogP contribution is 2.32. The molecule has 2 aromatic rings. The maximum atomic E-state index is 12.0. The number of hydrogen-bond donors (Lipinski definition) is 1. The monoisotopic (exact) mass is 295 g/mol. The van der Waals surface area contributed by atoms with Crippen molar-refractivity contribution in [1.82, 2.24) is 0 Å². The average Bonchev–Trinajstić information content (AvgIpc) is 2.97. The van der Waals surface area contributed by atoms with Gasteiger partial charge in [-0.05, 0) is 54.8 Å². The molecule has 1 amide bonds. The molecule has 4 heteroatoms. The second-order valence-electron chi connectivity index (χ2n) is 5.18. The van der Waals surface area contributed by atoms with E-state index >= 15 is 0 Å². The first-order chi connectivity index (χ1) is 10.6.